The predicted octanol–water partition coefficient (Wildman–Crippen LogP) is 3.10. The van der Waals surface area contributed by atoms with E-state index in [-0.39, 0.29) is 0 Å². The summed E-state index contributed by atoms with van der Waals surface area (Å²) in [5.41, 5.74) is 2.83. The molecule has 0 bridgehead atoms. The van der Waals surface area contributed by atoms with E-state index in [1.807, 2.05) is 0 Å². The molecule has 0 amide bonds. The second-order valence-electron chi connectivity index (χ2n) is 3.75. The van der Waals surface area contributed by atoms with E-state index in [1.165, 1.54) is 11.1 Å². The molecule has 70 valence electrons. The van der Waals surface area contributed by atoms with Gasteiger partial charge in [0.2, 0.25) is 0 Å². The summed E-state index contributed by atoms with van der Waals surface area (Å²) in [4.78, 5) is 0. The number of benzene rings is 1. The molecule has 1 heteroatoms. The van der Waals surface area contributed by atoms with Gasteiger partial charge in [-0.2, -0.15) is 0 Å². The van der Waals surface area contributed by atoms with Crippen LogP contribution in [0.5, 0.6) is 0 Å². The summed E-state index contributed by atoms with van der Waals surface area (Å²) in [6, 6.07) is 8.59. The molecule has 0 aliphatic carbocycles. The monoisotopic (exact) mass is 176 g/mol. The number of hydrogen-bond acceptors (Lipinski definition) is 1. The third-order valence-electron chi connectivity index (χ3n) is 2.96. The van der Waals surface area contributed by atoms with Crippen molar-refractivity contribution in [2.45, 2.75) is 38.9 Å². The summed E-state index contributed by atoms with van der Waals surface area (Å²) in [6.07, 6.45) is 1.52. The van der Waals surface area contributed by atoms with Crippen LogP contribution in [0.2, 0.25) is 0 Å². The standard InChI is InChI=1S/C12H16O/c1-3-12-9(2)11-7-5-4-6-10(11)8-13-12/h4-7,9,12H,3,8H2,1-2H3. The molecule has 0 radical (unpaired) electrons. The summed E-state index contributed by atoms with van der Waals surface area (Å²) in [5.74, 6) is 0.551. The Labute approximate surface area is 79.7 Å². The maximum absolute atomic E-state index is 5.77. The van der Waals surface area contributed by atoms with Crippen LogP contribution in [0.4, 0.5) is 0 Å². The van der Waals surface area contributed by atoms with Gasteiger partial charge in [0.05, 0.1) is 12.7 Å². The second kappa shape index (κ2) is 3.51. The van der Waals surface area contributed by atoms with Crippen molar-refractivity contribution in [1.29, 1.82) is 0 Å². The first kappa shape index (κ1) is 8.76. The fraction of sp³-hybridized carbons (Fsp3) is 0.500. The van der Waals surface area contributed by atoms with Gasteiger partial charge in [0.15, 0.2) is 0 Å². The van der Waals surface area contributed by atoms with Crippen LogP contribution in [-0.4, -0.2) is 6.10 Å². The van der Waals surface area contributed by atoms with Gasteiger partial charge in [-0.1, -0.05) is 38.1 Å². The molecular weight excluding hydrogens is 160 g/mol. The quantitative estimate of drug-likeness (QED) is 0.639. The van der Waals surface area contributed by atoms with Gasteiger partial charge in [-0.3, -0.25) is 0 Å². The largest absolute Gasteiger partial charge is 0.373 e. The SMILES string of the molecule is CCC1OCc2ccccc2C1C. The van der Waals surface area contributed by atoms with E-state index >= 15 is 0 Å². The third kappa shape index (κ3) is 1.49. The van der Waals surface area contributed by atoms with E-state index < -0.39 is 0 Å². The van der Waals surface area contributed by atoms with Crippen LogP contribution in [0.25, 0.3) is 0 Å². The van der Waals surface area contributed by atoms with E-state index in [0.29, 0.717) is 12.0 Å². The van der Waals surface area contributed by atoms with Crippen molar-refractivity contribution in [3.8, 4) is 0 Å². The molecule has 0 spiro atoms. The zero-order chi connectivity index (χ0) is 9.26. The highest BCUT2D eigenvalue weighted by molar-refractivity contribution is 5.31. The Hall–Kier alpha value is -0.820. The fourth-order valence-electron chi connectivity index (χ4n) is 2.12. The first-order valence-electron chi connectivity index (χ1n) is 5.02. The molecule has 0 saturated carbocycles. The van der Waals surface area contributed by atoms with Crippen LogP contribution in [0.1, 0.15) is 37.3 Å². The molecule has 1 aliphatic rings. The fourth-order valence-corrected chi connectivity index (χ4v) is 2.12. The predicted molar refractivity (Wildman–Crippen MR) is 53.7 cm³/mol. The average Bonchev–Trinajstić information content (AvgIpc) is 2.19. The van der Waals surface area contributed by atoms with Gasteiger partial charge >= 0.3 is 0 Å². The highest BCUT2D eigenvalue weighted by Gasteiger charge is 2.24. The van der Waals surface area contributed by atoms with E-state index in [9.17, 15) is 0 Å². The van der Waals surface area contributed by atoms with Crippen molar-refractivity contribution < 1.29 is 4.74 Å². The lowest BCUT2D eigenvalue weighted by Crippen LogP contribution is -2.25. The number of ether oxygens (including phenoxy) is 1. The van der Waals surface area contributed by atoms with Crippen LogP contribution in [-0.2, 0) is 11.3 Å². The molecular formula is C12H16O. The zero-order valence-electron chi connectivity index (χ0n) is 8.29. The van der Waals surface area contributed by atoms with Crippen LogP contribution in [0.15, 0.2) is 24.3 Å². The molecule has 1 aliphatic heterocycles. The maximum Gasteiger partial charge on any atom is 0.0723 e. The summed E-state index contributed by atoms with van der Waals surface area (Å²) in [5, 5.41) is 0. The highest BCUT2D eigenvalue weighted by atomic mass is 16.5. The zero-order valence-corrected chi connectivity index (χ0v) is 8.29. The van der Waals surface area contributed by atoms with Gasteiger partial charge in [0.1, 0.15) is 0 Å². The van der Waals surface area contributed by atoms with Gasteiger partial charge < -0.3 is 4.74 Å². The molecule has 2 rings (SSSR count). The van der Waals surface area contributed by atoms with Crippen molar-refractivity contribution in [3.05, 3.63) is 35.4 Å². The first-order chi connectivity index (χ1) is 6.33. The molecule has 1 aromatic carbocycles. The topological polar surface area (TPSA) is 9.23 Å². The number of fused-ring (bicyclic) bond motifs is 1. The van der Waals surface area contributed by atoms with Crippen molar-refractivity contribution in [3.63, 3.8) is 0 Å². The Morgan fingerprint density at radius 2 is 2.15 bits per heavy atom. The number of hydrogen-bond donors (Lipinski definition) is 0. The van der Waals surface area contributed by atoms with Crippen molar-refractivity contribution in [1.82, 2.24) is 0 Å². The lowest BCUT2D eigenvalue weighted by atomic mass is 9.88. The molecule has 1 nitrogen and oxygen atoms in total. The molecule has 0 saturated heterocycles. The van der Waals surface area contributed by atoms with Crippen LogP contribution < -0.4 is 0 Å². The second-order valence-corrected chi connectivity index (χ2v) is 3.75. The minimum Gasteiger partial charge on any atom is -0.373 e. The summed E-state index contributed by atoms with van der Waals surface area (Å²) < 4.78 is 5.77. The lowest BCUT2D eigenvalue weighted by Gasteiger charge is -2.30. The van der Waals surface area contributed by atoms with E-state index in [0.717, 1.165) is 13.0 Å². The lowest BCUT2D eigenvalue weighted by molar-refractivity contribution is 0.00957. The Morgan fingerprint density at radius 1 is 1.38 bits per heavy atom. The third-order valence-corrected chi connectivity index (χ3v) is 2.96. The van der Waals surface area contributed by atoms with Crippen molar-refractivity contribution in [2.75, 3.05) is 0 Å². The molecule has 1 heterocycles. The van der Waals surface area contributed by atoms with E-state index in [2.05, 4.69) is 38.1 Å². The van der Waals surface area contributed by atoms with Gasteiger partial charge in [-0.05, 0) is 17.5 Å². The molecule has 2 unspecified atom stereocenters. The van der Waals surface area contributed by atoms with Crippen LogP contribution in [0, 0.1) is 0 Å². The minimum atomic E-state index is 0.412. The maximum atomic E-state index is 5.77. The first-order valence-corrected chi connectivity index (χ1v) is 5.02. The van der Waals surface area contributed by atoms with E-state index in [1.54, 1.807) is 0 Å². The Balaban J connectivity index is 2.33. The van der Waals surface area contributed by atoms with Crippen molar-refractivity contribution >= 4 is 0 Å². The van der Waals surface area contributed by atoms with Gasteiger partial charge in [0.25, 0.3) is 0 Å². The molecule has 1 aromatic rings. The smallest absolute Gasteiger partial charge is 0.0723 e. The summed E-state index contributed by atoms with van der Waals surface area (Å²) >= 11 is 0. The van der Waals surface area contributed by atoms with Crippen LogP contribution in [0.3, 0.4) is 0 Å². The Kier molecular flexibility index (Phi) is 2.36. The van der Waals surface area contributed by atoms with Gasteiger partial charge in [0, 0.05) is 5.92 Å². The number of rotatable bonds is 1. The molecule has 2 atom stereocenters. The average molecular weight is 176 g/mol. The molecule has 0 aromatic heterocycles. The normalized spacial score (nSPS) is 26.9. The van der Waals surface area contributed by atoms with Crippen molar-refractivity contribution in [2.24, 2.45) is 0 Å². The minimum absolute atomic E-state index is 0.412. The van der Waals surface area contributed by atoms with Crippen LogP contribution >= 0.6 is 0 Å². The Morgan fingerprint density at radius 3 is 2.92 bits per heavy atom. The van der Waals surface area contributed by atoms with Gasteiger partial charge in [-0.25, -0.2) is 0 Å². The molecule has 0 N–H and O–H groups in total. The molecule has 0 fully saturated rings. The summed E-state index contributed by atoms with van der Waals surface area (Å²) in [6.45, 7) is 5.24. The van der Waals surface area contributed by atoms with Gasteiger partial charge in [-0.15, -0.1) is 0 Å². The Bertz CT molecular complexity index is 293. The molecule has 13 heavy (non-hydrogen) atoms. The van der Waals surface area contributed by atoms with E-state index in [4.69, 9.17) is 4.74 Å². The highest BCUT2D eigenvalue weighted by Crippen LogP contribution is 2.31. The summed E-state index contributed by atoms with van der Waals surface area (Å²) in [7, 11) is 0.